The van der Waals surface area contributed by atoms with Crippen LogP contribution in [-0.2, 0) is 0 Å². The van der Waals surface area contributed by atoms with Crippen molar-refractivity contribution in [2.75, 3.05) is 16.9 Å². The summed E-state index contributed by atoms with van der Waals surface area (Å²) >= 11 is 0. The van der Waals surface area contributed by atoms with Gasteiger partial charge in [-0.15, -0.1) is 0 Å². The molecular weight excluding hydrogens is 323 g/mol. The van der Waals surface area contributed by atoms with Gasteiger partial charge in [0, 0.05) is 24.5 Å². The Kier molecular flexibility index (Phi) is 5.49. The van der Waals surface area contributed by atoms with Gasteiger partial charge in [0.2, 0.25) is 5.82 Å². The fourth-order valence-corrected chi connectivity index (χ4v) is 2.02. The van der Waals surface area contributed by atoms with Crippen LogP contribution in [0.5, 0.6) is 0 Å². The van der Waals surface area contributed by atoms with Crippen LogP contribution in [0.1, 0.15) is 26.6 Å². The van der Waals surface area contributed by atoms with Gasteiger partial charge in [-0.25, -0.2) is 19.6 Å². The highest BCUT2D eigenvalue weighted by atomic mass is 19.1. The van der Waals surface area contributed by atoms with E-state index in [0.29, 0.717) is 18.1 Å². The Morgan fingerprint density at radius 2 is 1.96 bits per heavy atom. The summed E-state index contributed by atoms with van der Waals surface area (Å²) in [6.07, 6.45) is 1.45. The van der Waals surface area contributed by atoms with Crippen molar-refractivity contribution < 1.29 is 9.18 Å². The topological polar surface area (TPSA) is 93.9 Å². The summed E-state index contributed by atoms with van der Waals surface area (Å²) in [5, 5.41) is 13.1. The largest absolute Gasteiger partial charge is 0.338 e. The highest BCUT2D eigenvalue weighted by molar-refractivity contribution is 5.90. The molecular formula is C17H19FN6O. The molecule has 25 heavy (non-hydrogen) atoms. The number of halogens is 1. The maximum atomic E-state index is 12.9. The van der Waals surface area contributed by atoms with E-state index < -0.39 is 6.03 Å². The molecule has 0 radical (unpaired) electrons. The van der Waals surface area contributed by atoms with Crippen molar-refractivity contribution in [2.45, 2.75) is 20.8 Å². The van der Waals surface area contributed by atoms with Crippen LogP contribution in [0.2, 0.25) is 0 Å². The number of carbonyl (C=O) groups is 1. The van der Waals surface area contributed by atoms with E-state index in [4.69, 9.17) is 5.26 Å². The Morgan fingerprint density at radius 3 is 2.56 bits per heavy atom. The third-order valence-corrected chi connectivity index (χ3v) is 2.99. The summed E-state index contributed by atoms with van der Waals surface area (Å²) < 4.78 is 12.9. The lowest BCUT2D eigenvalue weighted by Crippen LogP contribution is -2.48. The number of hydrazine groups is 1. The van der Waals surface area contributed by atoms with Crippen molar-refractivity contribution in [2.24, 2.45) is 5.41 Å². The van der Waals surface area contributed by atoms with Crippen molar-refractivity contribution in [1.82, 2.24) is 15.4 Å². The molecule has 1 aromatic heterocycles. The molecule has 0 saturated heterocycles. The summed E-state index contributed by atoms with van der Waals surface area (Å²) in [6, 6.07) is 8.40. The highest BCUT2D eigenvalue weighted by Gasteiger charge is 2.20. The second kappa shape index (κ2) is 7.57. The number of amides is 2. The molecule has 2 rings (SSSR count). The van der Waals surface area contributed by atoms with Crippen molar-refractivity contribution >= 4 is 17.5 Å². The lowest BCUT2D eigenvalue weighted by molar-refractivity contribution is 0.249. The summed E-state index contributed by atoms with van der Waals surface area (Å²) in [7, 11) is 0. The van der Waals surface area contributed by atoms with E-state index in [-0.39, 0.29) is 17.1 Å². The van der Waals surface area contributed by atoms with Gasteiger partial charge in [-0.3, -0.25) is 5.01 Å². The third kappa shape index (κ3) is 5.73. The van der Waals surface area contributed by atoms with E-state index in [1.54, 1.807) is 11.1 Å². The predicted molar refractivity (Wildman–Crippen MR) is 92.1 cm³/mol. The fraction of sp³-hybridized carbons (Fsp3) is 0.294. The molecule has 0 fully saturated rings. The molecule has 7 nitrogen and oxygen atoms in total. The molecule has 1 aromatic carbocycles. The van der Waals surface area contributed by atoms with Crippen molar-refractivity contribution in [3.63, 3.8) is 0 Å². The minimum Gasteiger partial charge on any atom is -0.307 e. The van der Waals surface area contributed by atoms with E-state index in [0.717, 1.165) is 0 Å². The standard InChI is InChI=1S/C17H19FN6O/c1-17(2,3)11-24(15-8-9-20-14(10-19)22-15)23-16(25)21-13-6-4-12(18)5-7-13/h4-9H,11H2,1-3H3,(H2,21,23,25). The monoisotopic (exact) mass is 342 g/mol. The summed E-state index contributed by atoms with van der Waals surface area (Å²) in [4.78, 5) is 20.2. The van der Waals surface area contributed by atoms with Crippen molar-refractivity contribution in [3.05, 3.63) is 48.2 Å². The maximum absolute atomic E-state index is 12.9. The second-order valence-corrected chi connectivity index (χ2v) is 6.57. The maximum Gasteiger partial charge on any atom is 0.338 e. The molecule has 0 atom stereocenters. The number of rotatable bonds is 4. The van der Waals surface area contributed by atoms with Gasteiger partial charge in [-0.2, -0.15) is 10.2 Å². The zero-order chi connectivity index (χ0) is 18.4. The number of nitrogens with one attached hydrogen (secondary N) is 2. The Balaban J connectivity index is 2.16. The van der Waals surface area contributed by atoms with Gasteiger partial charge in [0.05, 0.1) is 0 Å². The first-order valence-electron chi connectivity index (χ1n) is 7.61. The van der Waals surface area contributed by atoms with E-state index in [1.807, 2.05) is 26.8 Å². The number of carbonyl (C=O) groups excluding carboxylic acids is 1. The summed E-state index contributed by atoms with van der Waals surface area (Å²) in [5.41, 5.74) is 3.00. The van der Waals surface area contributed by atoms with E-state index in [9.17, 15) is 9.18 Å². The molecule has 2 amide bonds. The normalized spacial score (nSPS) is 10.7. The number of benzene rings is 1. The van der Waals surface area contributed by atoms with Gasteiger partial charge in [-0.05, 0) is 29.7 Å². The van der Waals surface area contributed by atoms with Crippen LogP contribution in [0, 0.1) is 22.6 Å². The van der Waals surface area contributed by atoms with Crippen LogP contribution in [-0.4, -0.2) is 22.5 Å². The van der Waals surface area contributed by atoms with Crippen LogP contribution in [0.3, 0.4) is 0 Å². The molecule has 2 N–H and O–H groups in total. The Hall–Kier alpha value is -3.21. The number of nitrogens with zero attached hydrogens (tertiary/aromatic N) is 4. The van der Waals surface area contributed by atoms with E-state index in [2.05, 4.69) is 20.7 Å². The van der Waals surface area contributed by atoms with E-state index in [1.165, 1.54) is 30.5 Å². The average molecular weight is 342 g/mol. The number of hydrogen-bond donors (Lipinski definition) is 2. The molecule has 0 bridgehead atoms. The summed E-state index contributed by atoms with van der Waals surface area (Å²) in [6.45, 7) is 6.47. The first kappa shape index (κ1) is 18.1. The van der Waals surface area contributed by atoms with Gasteiger partial charge in [-0.1, -0.05) is 20.8 Å². The highest BCUT2D eigenvalue weighted by Crippen LogP contribution is 2.18. The minimum absolute atomic E-state index is 0.0113. The first-order chi connectivity index (χ1) is 11.8. The molecule has 2 aromatic rings. The van der Waals surface area contributed by atoms with Crippen molar-refractivity contribution in [1.29, 1.82) is 5.26 Å². The lowest BCUT2D eigenvalue weighted by atomic mass is 9.97. The number of aromatic nitrogens is 2. The zero-order valence-electron chi connectivity index (χ0n) is 14.2. The summed E-state index contributed by atoms with van der Waals surface area (Å²) in [5.74, 6) is 0.0261. The molecule has 130 valence electrons. The third-order valence-electron chi connectivity index (χ3n) is 2.99. The van der Waals surface area contributed by atoms with Gasteiger partial charge < -0.3 is 5.32 Å². The molecule has 8 heteroatoms. The van der Waals surface area contributed by atoms with Gasteiger partial charge in [0.25, 0.3) is 0 Å². The van der Waals surface area contributed by atoms with Crippen LogP contribution >= 0.6 is 0 Å². The molecule has 0 aliphatic rings. The SMILES string of the molecule is CC(C)(C)CN(NC(=O)Nc1ccc(F)cc1)c1ccnc(C#N)n1. The number of nitriles is 1. The zero-order valence-corrected chi connectivity index (χ0v) is 14.2. The fourth-order valence-electron chi connectivity index (χ4n) is 2.02. The van der Waals surface area contributed by atoms with Gasteiger partial charge in [0.15, 0.2) is 5.82 Å². The number of anilines is 2. The van der Waals surface area contributed by atoms with Gasteiger partial charge >= 0.3 is 6.03 Å². The number of hydrogen-bond acceptors (Lipinski definition) is 5. The number of urea groups is 1. The smallest absolute Gasteiger partial charge is 0.307 e. The minimum atomic E-state index is -0.507. The molecule has 0 aliphatic heterocycles. The molecule has 0 spiro atoms. The van der Waals surface area contributed by atoms with Gasteiger partial charge in [0.1, 0.15) is 11.9 Å². The second-order valence-electron chi connectivity index (χ2n) is 6.57. The Morgan fingerprint density at radius 1 is 1.28 bits per heavy atom. The Bertz CT molecular complexity index is 779. The first-order valence-corrected chi connectivity index (χ1v) is 7.61. The average Bonchev–Trinajstić information content (AvgIpc) is 2.55. The molecule has 0 unspecified atom stereocenters. The Labute approximate surface area is 145 Å². The molecule has 0 aliphatic carbocycles. The van der Waals surface area contributed by atoms with Crippen LogP contribution in [0.4, 0.5) is 20.7 Å². The predicted octanol–water partition coefficient (Wildman–Crippen LogP) is 3.08. The molecule has 1 heterocycles. The van der Waals surface area contributed by atoms with Crippen molar-refractivity contribution in [3.8, 4) is 6.07 Å². The molecule has 0 saturated carbocycles. The van der Waals surface area contributed by atoms with Crippen LogP contribution in [0.15, 0.2) is 36.5 Å². The van der Waals surface area contributed by atoms with Crippen LogP contribution in [0.25, 0.3) is 0 Å². The van der Waals surface area contributed by atoms with E-state index >= 15 is 0 Å². The lowest BCUT2D eigenvalue weighted by Gasteiger charge is -2.30. The quantitative estimate of drug-likeness (QED) is 0.833. The van der Waals surface area contributed by atoms with Crippen LogP contribution < -0.4 is 15.8 Å².